The van der Waals surface area contributed by atoms with Crippen molar-refractivity contribution in [2.45, 2.75) is 25.0 Å². The molecule has 33 heavy (non-hydrogen) atoms. The molecule has 2 unspecified atom stereocenters. The lowest BCUT2D eigenvalue weighted by Gasteiger charge is -2.34. The number of nitrogens with one attached hydrogen (secondary N) is 2. The highest BCUT2D eigenvalue weighted by molar-refractivity contribution is 5.98. The summed E-state index contributed by atoms with van der Waals surface area (Å²) in [4.78, 5) is 35.0. The second-order valence-electron chi connectivity index (χ2n) is 6.89. The van der Waals surface area contributed by atoms with Crippen LogP contribution in [0.2, 0.25) is 0 Å². The van der Waals surface area contributed by atoms with Gasteiger partial charge < -0.3 is 10.1 Å². The molecule has 0 heterocycles. The Labute approximate surface area is 189 Å². The summed E-state index contributed by atoms with van der Waals surface area (Å²) in [6.07, 6.45) is -2.40. The number of carbonyl (C=O) groups excluding carboxylic acids is 3. The zero-order valence-corrected chi connectivity index (χ0v) is 17.7. The van der Waals surface area contributed by atoms with Crippen LogP contribution < -0.4 is 10.8 Å². The van der Waals surface area contributed by atoms with Crippen molar-refractivity contribution in [2.75, 3.05) is 7.11 Å². The number of hydrogen-bond acceptors (Lipinski definition) is 5. The van der Waals surface area contributed by atoms with Crippen LogP contribution in [0.3, 0.4) is 0 Å². The number of aldehydes is 1. The average Bonchev–Trinajstić information content (AvgIpc) is 2.84. The number of hydroxylamine groups is 1. The molecular weight excluding hydrogens is 434 g/mol. The topological polar surface area (TPSA) is 105 Å². The lowest BCUT2D eigenvalue weighted by Crippen LogP contribution is -2.62. The van der Waals surface area contributed by atoms with Crippen LogP contribution in [0.5, 0.6) is 0 Å². The molecule has 2 rings (SSSR count). The maximum absolute atomic E-state index is 13.4. The predicted molar refractivity (Wildman–Crippen MR) is 115 cm³/mol. The van der Waals surface area contributed by atoms with Gasteiger partial charge in [-0.15, -0.1) is 0 Å². The maximum atomic E-state index is 13.4. The molecule has 0 spiro atoms. The molecule has 0 radical (unpaired) electrons. The standard InChI is InChI=1S/C24H20F2N2O5/c1-24(33-2,23(25)26)20(22(31)28-32)27-21(30)19-13-11-17(12-14-19)6-4-3-5-16-7-9-18(15-29)10-8-16/h7-15,20,23,32H,1-2H3,(H,27,30)(H,28,31). The molecule has 3 N–H and O–H groups in total. The zero-order chi connectivity index (χ0) is 24.4. The molecule has 9 heteroatoms. The average molecular weight is 454 g/mol. The summed E-state index contributed by atoms with van der Waals surface area (Å²) in [5, 5.41) is 11.0. The highest BCUT2D eigenvalue weighted by Crippen LogP contribution is 2.24. The van der Waals surface area contributed by atoms with E-state index in [0.29, 0.717) is 16.7 Å². The van der Waals surface area contributed by atoms with E-state index in [1.54, 1.807) is 24.3 Å². The minimum absolute atomic E-state index is 0.0744. The molecule has 2 amide bonds. The van der Waals surface area contributed by atoms with Crippen LogP contribution in [0, 0.1) is 23.7 Å². The molecule has 0 fully saturated rings. The van der Waals surface area contributed by atoms with E-state index in [0.717, 1.165) is 20.3 Å². The number of carbonyl (C=O) groups is 3. The number of benzene rings is 2. The number of alkyl halides is 2. The van der Waals surface area contributed by atoms with Crippen molar-refractivity contribution in [3.63, 3.8) is 0 Å². The molecule has 0 aliphatic heterocycles. The highest BCUT2D eigenvalue weighted by Gasteiger charge is 2.48. The van der Waals surface area contributed by atoms with Crippen molar-refractivity contribution < 1.29 is 33.1 Å². The number of rotatable bonds is 7. The van der Waals surface area contributed by atoms with Gasteiger partial charge in [0.1, 0.15) is 12.3 Å². The Hall–Kier alpha value is -4.05. The summed E-state index contributed by atoms with van der Waals surface area (Å²) in [6.45, 7) is 0.939. The number of amides is 2. The minimum atomic E-state index is -3.13. The summed E-state index contributed by atoms with van der Waals surface area (Å²) in [6, 6.07) is 10.6. The first-order chi connectivity index (χ1) is 15.7. The molecule has 0 aromatic heterocycles. The fraction of sp³-hybridized carbons (Fsp3) is 0.208. The van der Waals surface area contributed by atoms with Crippen molar-refractivity contribution in [3.05, 3.63) is 70.8 Å². The molecular formula is C24H20F2N2O5. The third kappa shape index (κ3) is 6.47. The molecule has 0 bridgehead atoms. The lowest BCUT2D eigenvalue weighted by atomic mass is 9.95. The Bertz CT molecular complexity index is 1130. The van der Waals surface area contributed by atoms with E-state index in [4.69, 9.17) is 9.94 Å². The Balaban J connectivity index is 2.12. The number of halogens is 2. The van der Waals surface area contributed by atoms with Gasteiger partial charge in [0.25, 0.3) is 18.2 Å². The van der Waals surface area contributed by atoms with Gasteiger partial charge in [-0.2, -0.15) is 0 Å². The first-order valence-corrected chi connectivity index (χ1v) is 9.50. The third-order valence-corrected chi connectivity index (χ3v) is 4.76. The van der Waals surface area contributed by atoms with Crippen molar-refractivity contribution in [1.82, 2.24) is 10.8 Å². The number of hydrogen-bond donors (Lipinski definition) is 3. The van der Waals surface area contributed by atoms with E-state index in [1.165, 1.54) is 29.7 Å². The van der Waals surface area contributed by atoms with Gasteiger partial charge >= 0.3 is 0 Å². The van der Waals surface area contributed by atoms with Crippen molar-refractivity contribution in [1.29, 1.82) is 0 Å². The zero-order valence-electron chi connectivity index (χ0n) is 17.7. The first kappa shape index (κ1) is 25.2. The van der Waals surface area contributed by atoms with E-state index < -0.39 is 29.9 Å². The third-order valence-electron chi connectivity index (χ3n) is 4.76. The summed E-state index contributed by atoms with van der Waals surface area (Å²) in [5.74, 6) is 8.87. The molecule has 7 nitrogen and oxygen atoms in total. The molecule has 2 aromatic carbocycles. The van der Waals surface area contributed by atoms with Gasteiger partial charge in [0.2, 0.25) is 0 Å². The Kier molecular flexibility index (Phi) is 8.81. The molecule has 0 aliphatic rings. The summed E-state index contributed by atoms with van der Waals surface area (Å²) in [5.41, 5.74) is 0.728. The van der Waals surface area contributed by atoms with Crippen LogP contribution in [0.15, 0.2) is 48.5 Å². The van der Waals surface area contributed by atoms with Gasteiger partial charge in [-0.3, -0.25) is 19.6 Å². The van der Waals surface area contributed by atoms with Crippen molar-refractivity contribution >= 4 is 18.1 Å². The smallest absolute Gasteiger partial charge is 0.269 e. The second-order valence-corrected chi connectivity index (χ2v) is 6.89. The monoisotopic (exact) mass is 454 g/mol. The number of ether oxygens (including phenoxy) is 1. The summed E-state index contributed by atoms with van der Waals surface area (Å²) < 4.78 is 31.7. The van der Waals surface area contributed by atoms with Crippen LogP contribution in [0.1, 0.15) is 38.8 Å². The van der Waals surface area contributed by atoms with Crippen LogP contribution in [0.4, 0.5) is 8.78 Å². The molecule has 2 aromatic rings. The van der Waals surface area contributed by atoms with Gasteiger partial charge in [-0.25, -0.2) is 14.3 Å². The molecule has 170 valence electrons. The Morgan fingerprint density at radius 1 is 1.03 bits per heavy atom. The fourth-order valence-electron chi connectivity index (χ4n) is 2.64. The quantitative estimate of drug-likeness (QED) is 0.258. The predicted octanol–water partition coefficient (Wildman–Crippen LogP) is 2.18. The largest absolute Gasteiger partial charge is 0.370 e. The summed E-state index contributed by atoms with van der Waals surface area (Å²) in [7, 11) is 0.965. The van der Waals surface area contributed by atoms with E-state index >= 15 is 0 Å². The van der Waals surface area contributed by atoms with Crippen LogP contribution in [-0.2, 0) is 9.53 Å². The second kappa shape index (κ2) is 11.5. The van der Waals surface area contributed by atoms with E-state index in [1.807, 2.05) is 0 Å². The lowest BCUT2D eigenvalue weighted by molar-refractivity contribution is -0.157. The van der Waals surface area contributed by atoms with E-state index in [9.17, 15) is 23.2 Å². The van der Waals surface area contributed by atoms with Crippen molar-refractivity contribution in [2.24, 2.45) is 0 Å². The Morgan fingerprint density at radius 2 is 1.55 bits per heavy atom. The first-order valence-electron chi connectivity index (χ1n) is 9.50. The van der Waals surface area contributed by atoms with Gasteiger partial charge in [-0.05, 0) is 55.2 Å². The normalized spacial score (nSPS) is 12.8. The molecule has 0 saturated heterocycles. The molecule has 0 aliphatic carbocycles. The van der Waals surface area contributed by atoms with Crippen LogP contribution >= 0.6 is 0 Å². The fourth-order valence-corrected chi connectivity index (χ4v) is 2.64. The van der Waals surface area contributed by atoms with Gasteiger partial charge in [0, 0.05) is 29.4 Å². The SMILES string of the molecule is COC(C)(C(F)F)C(NC(=O)c1ccc(C#CC#Cc2ccc(C=O)cc2)cc1)C(=O)NO. The summed E-state index contributed by atoms with van der Waals surface area (Å²) >= 11 is 0. The molecule has 2 atom stereocenters. The van der Waals surface area contributed by atoms with Crippen LogP contribution in [0.25, 0.3) is 0 Å². The van der Waals surface area contributed by atoms with Crippen LogP contribution in [-0.4, -0.2) is 48.5 Å². The highest BCUT2D eigenvalue weighted by atomic mass is 19.3. The maximum Gasteiger partial charge on any atom is 0.269 e. The van der Waals surface area contributed by atoms with Gasteiger partial charge in [0.05, 0.1) is 0 Å². The number of methoxy groups -OCH3 is 1. The minimum Gasteiger partial charge on any atom is -0.370 e. The van der Waals surface area contributed by atoms with Gasteiger partial charge in [0.15, 0.2) is 5.60 Å². The Morgan fingerprint density at radius 3 is 1.97 bits per heavy atom. The van der Waals surface area contributed by atoms with Crippen molar-refractivity contribution in [3.8, 4) is 23.7 Å². The molecule has 0 saturated carbocycles. The van der Waals surface area contributed by atoms with E-state index in [2.05, 4.69) is 29.0 Å². The van der Waals surface area contributed by atoms with Gasteiger partial charge in [-0.1, -0.05) is 24.0 Å². The van der Waals surface area contributed by atoms with E-state index in [-0.39, 0.29) is 5.56 Å².